The van der Waals surface area contributed by atoms with E-state index in [1.165, 1.54) is 12.1 Å². The Labute approximate surface area is 115 Å². The van der Waals surface area contributed by atoms with Gasteiger partial charge in [-0.05, 0) is 37.5 Å². The first kappa shape index (κ1) is 16.5. The van der Waals surface area contributed by atoms with E-state index in [9.17, 15) is 18.0 Å². The highest BCUT2D eigenvalue weighted by molar-refractivity contribution is 5.76. The zero-order valence-electron chi connectivity index (χ0n) is 11.2. The lowest BCUT2D eigenvalue weighted by molar-refractivity contribution is -0.137. The second-order valence-electron chi connectivity index (χ2n) is 4.59. The van der Waals surface area contributed by atoms with Gasteiger partial charge in [-0.25, -0.2) is 0 Å². The van der Waals surface area contributed by atoms with Gasteiger partial charge in [-0.3, -0.25) is 4.79 Å². The molecule has 112 valence electrons. The van der Waals surface area contributed by atoms with Crippen molar-refractivity contribution in [2.75, 3.05) is 6.61 Å². The molecule has 1 amide bonds. The van der Waals surface area contributed by atoms with Gasteiger partial charge in [0.25, 0.3) is 0 Å². The van der Waals surface area contributed by atoms with E-state index in [0.29, 0.717) is 24.8 Å². The lowest BCUT2D eigenvalue weighted by Gasteiger charge is -2.15. The molecule has 1 unspecified atom stereocenters. The van der Waals surface area contributed by atoms with Crippen LogP contribution in [0.1, 0.15) is 43.4 Å². The summed E-state index contributed by atoms with van der Waals surface area (Å²) in [7, 11) is 0. The van der Waals surface area contributed by atoms with Crippen LogP contribution in [0.3, 0.4) is 0 Å². The molecule has 0 spiro atoms. The number of benzene rings is 1. The van der Waals surface area contributed by atoms with Crippen molar-refractivity contribution in [1.29, 1.82) is 0 Å². The highest BCUT2D eigenvalue weighted by atomic mass is 19.4. The molecule has 0 aliphatic carbocycles. The third kappa shape index (κ3) is 5.21. The molecule has 6 heteroatoms. The van der Waals surface area contributed by atoms with Gasteiger partial charge in [-0.2, -0.15) is 13.2 Å². The van der Waals surface area contributed by atoms with Crippen LogP contribution in [0.4, 0.5) is 13.2 Å². The summed E-state index contributed by atoms with van der Waals surface area (Å²) < 4.78 is 37.2. The minimum absolute atomic E-state index is 0.0434. The van der Waals surface area contributed by atoms with E-state index in [2.05, 4.69) is 5.32 Å². The summed E-state index contributed by atoms with van der Waals surface area (Å²) in [6.07, 6.45) is -2.91. The lowest BCUT2D eigenvalue weighted by Crippen LogP contribution is -2.26. The second-order valence-corrected chi connectivity index (χ2v) is 4.59. The van der Waals surface area contributed by atoms with Crippen molar-refractivity contribution in [3.8, 4) is 0 Å². The number of hydrogen-bond donors (Lipinski definition) is 2. The number of aliphatic hydroxyl groups excluding tert-OH is 1. The number of carbonyl (C=O) groups is 1. The zero-order valence-corrected chi connectivity index (χ0v) is 11.2. The Kier molecular flexibility index (Phi) is 6.01. The van der Waals surface area contributed by atoms with Crippen molar-refractivity contribution in [3.63, 3.8) is 0 Å². The summed E-state index contributed by atoms with van der Waals surface area (Å²) in [5, 5.41) is 11.3. The molecule has 0 fully saturated rings. The van der Waals surface area contributed by atoms with Crippen molar-refractivity contribution in [2.45, 2.75) is 38.4 Å². The topological polar surface area (TPSA) is 49.3 Å². The summed E-state index contributed by atoms with van der Waals surface area (Å²) >= 11 is 0. The van der Waals surface area contributed by atoms with Crippen LogP contribution in [0, 0.1) is 0 Å². The van der Waals surface area contributed by atoms with Crippen LogP contribution >= 0.6 is 0 Å². The number of aliphatic hydroxyl groups is 1. The Morgan fingerprint density at radius 1 is 1.25 bits per heavy atom. The van der Waals surface area contributed by atoms with Crippen molar-refractivity contribution >= 4 is 5.91 Å². The van der Waals surface area contributed by atoms with E-state index < -0.39 is 11.7 Å². The molecule has 0 saturated heterocycles. The molecule has 0 saturated carbocycles. The van der Waals surface area contributed by atoms with Gasteiger partial charge in [0.2, 0.25) is 5.91 Å². The van der Waals surface area contributed by atoms with Crippen molar-refractivity contribution < 1.29 is 23.1 Å². The molecule has 1 aromatic carbocycles. The van der Waals surface area contributed by atoms with Gasteiger partial charge in [0, 0.05) is 13.0 Å². The maximum Gasteiger partial charge on any atom is 0.416 e. The molecule has 1 aromatic rings. The van der Waals surface area contributed by atoms with Gasteiger partial charge < -0.3 is 10.4 Å². The SMILES string of the molecule is CC(NC(=O)CCCCO)c1ccc(C(F)(F)F)cc1. The number of rotatable bonds is 6. The van der Waals surface area contributed by atoms with E-state index in [-0.39, 0.29) is 18.6 Å². The predicted molar refractivity (Wildman–Crippen MR) is 68.9 cm³/mol. The van der Waals surface area contributed by atoms with Crippen LogP contribution in [-0.4, -0.2) is 17.6 Å². The van der Waals surface area contributed by atoms with E-state index in [1.807, 2.05) is 0 Å². The number of alkyl halides is 3. The predicted octanol–water partition coefficient (Wildman–Crippen LogP) is 3.05. The normalized spacial score (nSPS) is 13.1. The van der Waals surface area contributed by atoms with Crippen LogP contribution < -0.4 is 5.32 Å². The quantitative estimate of drug-likeness (QED) is 0.791. The Morgan fingerprint density at radius 3 is 2.35 bits per heavy atom. The van der Waals surface area contributed by atoms with Crippen LogP contribution in [0.5, 0.6) is 0 Å². The zero-order chi connectivity index (χ0) is 15.2. The fraction of sp³-hybridized carbons (Fsp3) is 0.500. The molecule has 0 aliphatic rings. The second kappa shape index (κ2) is 7.28. The highest BCUT2D eigenvalue weighted by Crippen LogP contribution is 2.29. The monoisotopic (exact) mass is 289 g/mol. The average molecular weight is 289 g/mol. The molecular formula is C14H18F3NO2. The molecule has 0 aliphatic heterocycles. The van der Waals surface area contributed by atoms with Crippen molar-refractivity contribution in [3.05, 3.63) is 35.4 Å². The number of unbranched alkanes of at least 4 members (excludes halogenated alkanes) is 1. The fourth-order valence-electron chi connectivity index (χ4n) is 1.76. The Balaban J connectivity index is 2.55. The summed E-state index contributed by atoms with van der Waals surface area (Å²) in [6, 6.07) is 4.38. The molecule has 2 N–H and O–H groups in total. The molecule has 0 aromatic heterocycles. The Bertz CT molecular complexity index is 429. The smallest absolute Gasteiger partial charge is 0.396 e. The number of nitrogens with one attached hydrogen (secondary N) is 1. The Morgan fingerprint density at radius 2 is 1.85 bits per heavy atom. The number of amides is 1. The van der Waals surface area contributed by atoms with Gasteiger partial charge in [-0.15, -0.1) is 0 Å². The summed E-state index contributed by atoms with van der Waals surface area (Å²) in [6.45, 7) is 1.76. The fourth-order valence-corrected chi connectivity index (χ4v) is 1.76. The number of carbonyl (C=O) groups excluding carboxylic acids is 1. The van der Waals surface area contributed by atoms with Gasteiger partial charge in [0.1, 0.15) is 0 Å². The van der Waals surface area contributed by atoms with Crippen molar-refractivity contribution in [1.82, 2.24) is 5.32 Å². The summed E-state index contributed by atoms with van der Waals surface area (Å²) in [5.74, 6) is -0.175. The molecule has 0 heterocycles. The van der Waals surface area contributed by atoms with Crippen LogP contribution in [-0.2, 0) is 11.0 Å². The van der Waals surface area contributed by atoms with Crippen LogP contribution in [0.15, 0.2) is 24.3 Å². The molecule has 0 radical (unpaired) electrons. The maximum absolute atomic E-state index is 12.4. The lowest BCUT2D eigenvalue weighted by atomic mass is 10.1. The largest absolute Gasteiger partial charge is 0.416 e. The van der Waals surface area contributed by atoms with E-state index in [0.717, 1.165) is 12.1 Å². The van der Waals surface area contributed by atoms with E-state index >= 15 is 0 Å². The molecule has 3 nitrogen and oxygen atoms in total. The number of hydrogen-bond acceptors (Lipinski definition) is 2. The van der Waals surface area contributed by atoms with Gasteiger partial charge >= 0.3 is 6.18 Å². The first-order valence-corrected chi connectivity index (χ1v) is 6.42. The Hall–Kier alpha value is -1.56. The molecular weight excluding hydrogens is 271 g/mol. The third-order valence-electron chi connectivity index (χ3n) is 2.93. The standard InChI is InChI=1S/C14H18F3NO2/c1-10(18-13(20)4-2-3-9-19)11-5-7-12(8-6-11)14(15,16)17/h5-8,10,19H,2-4,9H2,1H3,(H,18,20). The van der Waals surface area contributed by atoms with E-state index in [1.54, 1.807) is 6.92 Å². The minimum atomic E-state index is -4.35. The summed E-state index contributed by atoms with van der Waals surface area (Å²) in [5.41, 5.74) is -0.0868. The summed E-state index contributed by atoms with van der Waals surface area (Å²) in [4.78, 5) is 11.6. The molecule has 20 heavy (non-hydrogen) atoms. The van der Waals surface area contributed by atoms with Crippen LogP contribution in [0.25, 0.3) is 0 Å². The van der Waals surface area contributed by atoms with Gasteiger partial charge in [-0.1, -0.05) is 12.1 Å². The van der Waals surface area contributed by atoms with Crippen LogP contribution in [0.2, 0.25) is 0 Å². The molecule has 1 atom stereocenters. The minimum Gasteiger partial charge on any atom is -0.396 e. The first-order valence-electron chi connectivity index (χ1n) is 6.42. The van der Waals surface area contributed by atoms with Gasteiger partial charge in [0.15, 0.2) is 0 Å². The molecule has 0 bridgehead atoms. The molecule has 1 rings (SSSR count). The number of halogens is 3. The highest BCUT2D eigenvalue weighted by Gasteiger charge is 2.30. The van der Waals surface area contributed by atoms with E-state index in [4.69, 9.17) is 5.11 Å². The first-order chi connectivity index (χ1) is 9.34. The van der Waals surface area contributed by atoms with Crippen molar-refractivity contribution in [2.24, 2.45) is 0 Å². The average Bonchev–Trinajstić information content (AvgIpc) is 2.38. The van der Waals surface area contributed by atoms with Gasteiger partial charge in [0.05, 0.1) is 11.6 Å². The third-order valence-corrected chi connectivity index (χ3v) is 2.93. The maximum atomic E-state index is 12.4.